The first kappa shape index (κ1) is 6.10. The van der Waals surface area contributed by atoms with Gasteiger partial charge in [-0.25, -0.2) is 0 Å². The van der Waals surface area contributed by atoms with Crippen LogP contribution in [0.15, 0.2) is 12.3 Å². The van der Waals surface area contributed by atoms with Crippen molar-refractivity contribution in [2.24, 2.45) is 5.73 Å². The van der Waals surface area contributed by atoms with Gasteiger partial charge >= 0.3 is 0 Å². The first-order chi connectivity index (χ1) is 4.30. The minimum Gasteiger partial charge on any atom is -0.368 e. The molecule has 4 nitrogen and oxygen atoms in total. The first-order valence-corrected chi connectivity index (χ1v) is 2.74. The molecule has 0 aromatic carbocycles. The second-order valence-electron chi connectivity index (χ2n) is 1.81. The highest BCUT2D eigenvalue weighted by atomic mass is 16.1. The Morgan fingerprint density at radius 2 is 2.56 bits per heavy atom. The SMILES string of the molecule is NC(=O)C1NC=CCN1. The summed E-state index contributed by atoms with van der Waals surface area (Å²) < 4.78 is 0. The van der Waals surface area contributed by atoms with Crippen LogP contribution in [0.4, 0.5) is 0 Å². The van der Waals surface area contributed by atoms with Gasteiger partial charge in [0.05, 0.1) is 0 Å². The molecule has 50 valence electrons. The summed E-state index contributed by atoms with van der Waals surface area (Å²) in [6, 6.07) is 0. The van der Waals surface area contributed by atoms with Gasteiger partial charge in [0.25, 0.3) is 5.91 Å². The molecule has 0 aromatic heterocycles. The average Bonchev–Trinajstić information content (AvgIpc) is 1.90. The van der Waals surface area contributed by atoms with E-state index >= 15 is 0 Å². The van der Waals surface area contributed by atoms with Crippen LogP contribution >= 0.6 is 0 Å². The minimum atomic E-state index is -0.394. The molecule has 9 heavy (non-hydrogen) atoms. The molecule has 1 atom stereocenters. The molecule has 1 aliphatic heterocycles. The highest BCUT2D eigenvalue weighted by Gasteiger charge is 2.12. The Kier molecular flexibility index (Phi) is 1.69. The molecule has 0 saturated heterocycles. The van der Waals surface area contributed by atoms with Crippen molar-refractivity contribution in [3.63, 3.8) is 0 Å². The van der Waals surface area contributed by atoms with E-state index in [1.807, 2.05) is 6.08 Å². The van der Waals surface area contributed by atoms with Gasteiger partial charge in [0.2, 0.25) is 0 Å². The zero-order chi connectivity index (χ0) is 6.69. The number of carbonyl (C=O) groups excluding carboxylic acids is 1. The van der Waals surface area contributed by atoms with Crippen molar-refractivity contribution >= 4 is 5.91 Å². The Morgan fingerprint density at radius 3 is 2.89 bits per heavy atom. The lowest BCUT2D eigenvalue weighted by atomic mass is 10.4. The maximum atomic E-state index is 10.4. The fourth-order valence-corrected chi connectivity index (χ4v) is 0.651. The Hall–Kier alpha value is -1.03. The summed E-state index contributed by atoms with van der Waals surface area (Å²) >= 11 is 0. The van der Waals surface area contributed by atoms with Crippen molar-refractivity contribution in [2.45, 2.75) is 6.17 Å². The number of hydrogen-bond acceptors (Lipinski definition) is 3. The summed E-state index contributed by atoms with van der Waals surface area (Å²) in [7, 11) is 0. The van der Waals surface area contributed by atoms with Gasteiger partial charge in [-0.2, -0.15) is 0 Å². The standard InChI is InChI=1S/C5H9N3O/c6-4(9)5-7-2-1-3-8-5/h1-2,5,7-8H,3H2,(H2,6,9). The van der Waals surface area contributed by atoms with Crippen molar-refractivity contribution in [3.8, 4) is 0 Å². The van der Waals surface area contributed by atoms with Crippen LogP contribution in [0.1, 0.15) is 0 Å². The summed E-state index contributed by atoms with van der Waals surface area (Å²) in [5.41, 5.74) is 4.97. The topological polar surface area (TPSA) is 67.2 Å². The van der Waals surface area contributed by atoms with Crippen molar-refractivity contribution in [2.75, 3.05) is 6.54 Å². The van der Waals surface area contributed by atoms with E-state index in [0.717, 1.165) is 0 Å². The normalized spacial score (nSPS) is 25.1. The molecule has 0 aromatic rings. The lowest BCUT2D eigenvalue weighted by Gasteiger charge is -2.17. The predicted molar refractivity (Wildman–Crippen MR) is 33.3 cm³/mol. The molecule has 4 heteroatoms. The lowest BCUT2D eigenvalue weighted by Crippen LogP contribution is -2.51. The molecule has 1 amide bonds. The van der Waals surface area contributed by atoms with E-state index in [2.05, 4.69) is 10.6 Å². The van der Waals surface area contributed by atoms with Gasteiger partial charge in [-0.3, -0.25) is 10.1 Å². The number of carbonyl (C=O) groups is 1. The quantitative estimate of drug-likeness (QED) is 0.402. The molecule has 1 rings (SSSR count). The van der Waals surface area contributed by atoms with Crippen molar-refractivity contribution < 1.29 is 4.79 Å². The van der Waals surface area contributed by atoms with Crippen molar-refractivity contribution in [3.05, 3.63) is 12.3 Å². The van der Waals surface area contributed by atoms with Crippen LogP contribution in [0.3, 0.4) is 0 Å². The summed E-state index contributed by atoms with van der Waals surface area (Å²) in [5.74, 6) is -0.376. The molecule has 0 spiro atoms. The highest BCUT2D eigenvalue weighted by molar-refractivity contribution is 5.79. The summed E-state index contributed by atoms with van der Waals surface area (Å²) in [6.07, 6.45) is 3.20. The predicted octanol–water partition coefficient (Wildman–Crippen LogP) is -1.50. The molecule has 1 heterocycles. The fourth-order valence-electron chi connectivity index (χ4n) is 0.651. The summed E-state index contributed by atoms with van der Waals surface area (Å²) in [5, 5.41) is 5.60. The van der Waals surface area contributed by atoms with Crippen molar-refractivity contribution in [1.29, 1.82) is 0 Å². The van der Waals surface area contributed by atoms with E-state index in [4.69, 9.17) is 5.73 Å². The minimum absolute atomic E-state index is 0.376. The van der Waals surface area contributed by atoms with Crippen LogP contribution in [0.25, 0.3) is 0 Å². The van der Waals surface area contributed by atoms with Gasteiger partial charge in [-0.1, -0.05) is 6.08 Å². The number of rotatable bonds is 1. The lowest BCUT2D eigenvalue weighted by molar-refractivity contribution is -0.120. The molecule has 0 bridgehead atoms. The highest BCUT2D eigenvalue weighted by Crippen LogP contribution is 1.82. The molecule has 0 fully saturated rings. The zero-order valence-electron chi connectivity index (χ0n) is 4.92. The molecule has 1 unspecified atom stereocenters. The number of nitrogens with two attached hydrogens (primary N) is 1. The van der Waals surface area contributed by atoms with Crippen LogP contribution in [-0.2, 0) is 4.79 Å². The van der Waals surface area contributed by atoms with Gasteiger partial charge in [-0.15, -0.1) is 0 Å². The molecule has 1 aliphatic rings. The number of amides is 1. The van der Waals surface area contributed by atoms with Crippen LogP contribution in [0, 0.1) is 0 Å². The van der Waals surface area contributed by atoms with E-state index in [9.17, 15) is 4.79 Å². The van der Waals surface area contributed by atoms with Crippen molar-refractivity contribution in [1.82, 2.24) is 10.6 Å². The molecular formula is C5H9N3O. The number of hydrogen-bond donors (Lipinski definition) is 3. The maximum Gasteiger partial charge on any atom is 0.254 e. The van der Waals surface area contributed by atoms with Gasteiger partial charge < -0.3 is 11.1 Å². The van der Waals surface area contributed by atoms with E-state index < -0.39 is 6.17 Å². The third-order valence-corrected chi connectivity index (χ3v) is 1.11. The number of nitrogens with one attached hydrogen (secondary N) is 2. The Balaban J connectivity index is 2.44. The first-order valence-electron chi connectivity index (χ1n) is 2.74. The molecule has 4 N–H and O–H groups in total. The van der Waals surface area contributed by atoms with Gasteiger partial charge in [0, 0.05) is 6.54 Å². The van der Waals surface area contributed by atoms with Gasteiger partial charge in [0.1, 0.15) is 0 Å². The molecule has 0 radical (unpaired) electrons. The third-order valence-electron chi connectivity index (χ3n) is 1.11. The largest absolute Gasteiger partial charge is 0.368 e. The second kappa shape index (κ2) is 2.50. The zero-order valence-corrected chi connectivity index (χ0v) is 4.92. The van der Waals surface area contributed by atoms with Crippen LogP contribution < -0.4 is 16.4 Å². The number of primary amides is 1. The van der Waals surface area contributed by atoms with E-state index in [-0.39, 0.29) is 5.91 Å². The maximum absolute atomic E-state index is 10.4. The summed E-state index contributed by atoms with van der Waals surface area (Å²) in [4.78, 5) is 10.4. The molecule has 0 aliphatic carbocycles. The summed E-state index contributed by atoms with van der Waals surface area (Å²) in [6.45, 7) is 0.695. The Labute approximate surface area is 53.1 Å². The molecule has 0 saturated carbocycles. The van der Waals surface area contributed by atoms with Crippen LogP contribution in [0.2, 0.25) is 0 Å². The van der Waals surface area contributed by atoms with Crippen LogP contribution in [0.5, 0.6) is 0 Å². The monoisotopic (exact) mass is 127 g/mol. The second-order valence-corrected chi connectivity index (χ2v) is 1.81. The Bertz CT molecular complexity index is 143. The van der Waals surface area contributed by atoms with E-state index in [0.29, 0.717) is 6.54 Å². The van der Waals surface area contributed by atoms with Gasteiger partial charge in [0.15, 0.2) is 6.17 Å². The fraction of sp³-hybridized carbons (Fsp3) is 0.400. The average molecular weight is 127 g/mol. The van der Waals surface area contributed by atoms with Crippen LogP contribution in [-0.4, -0.2) is 18.6 Å². The Morgan fingerprint density at radius 1 is 1.78 bits per heavy atom. The van der Waals surface area contributed by atoms with E-state index in [1.165, 1.54) is 0 Å². The smallest absolute Gasteiger partial charge is 0.254 e. The molecular weight excluding hydrogens is 118 g/mol. The van der Waals surface area contributed by atoms with E-state index in [1.54, 1.807) is 6.20 Å². The van der Waals surface area contributed by atoms with Gasteiger partial charge in [-0.05, 0) is 6.20 Å². The third kappa shape index (κ3) is 1.43.